The molecule has 284 valence electrons. The van der Waals surface area contributed by atoms with Crippen molar-refractivity contribution in [2.24, 2.45) is 52.3 Å². The van der Waals surface area contributed by atoms with Gasteiger partial charge < -0.3 is 50.3 Å². The highest BCUT2D eigenvalue weighted by Crippen LogP contribution is 2.69. The average molecular weight is 723 g/mol. The van der Waals surface area contributed by atoms with Crippen LogP contribution in [0.2, 0.25) is 0 Å². The van der Waals surface area contributed by atoms with Gasteiger partial charge in [0.1, 0.15) is 24.4 Å². The zero-order valence-electron chi connectivity index (χ0n) is 29.0. The molecule has 0 radical (unpaired) electrons. The lowest BCUT2D eigenvalue weighted by Gasteiger charge is -2.65. The average Bonchev–Trinajstić information content (AvgIpc) is 3.21. The predicted molar refractivity (Wildman–Crippen MR) is 174 cm³/mol. The summed E-state index contributed by atoms with van der Waals surface area (Å²) in [7, 11) is -5.02. The largest absolute Gasteiger partial charge is 0.397 e. The van der Waals surface area contributed by atoms with Crippen LogP contribution in [0.15, 0.2) is 12.2 Å². The third-order valence-electron chi connectivity index (χ3n) is 13.4. The first kappa shape index (κ1) is 39.4. The maximum absolute atomic E-state index is 12.5. The molecule has 14 nitrogen and oxygen atoms in total. The minimum absolute atomic E-state index is 0.000802. The third-order valence-corrected chi connectivity index (χ3v) is 13.9. The summed E-state index contributed by atoms with van der Waals surface area (Å²) in [6.07, 6.45) is -4.81. The van der Waals surface area contributed by atoms with E-state index in [4.69, 9.17) is 14.0 Å². The number of hydrogen-bond acceptors (Lipinski definition) is 13. The number of rotatable bonds is 10. The second-order valence-corrected chi connectivity index (χ2v) is 17.6. The van der Waals surface area contributed by atoms with Crippen LogP contribution < -0.4 is 0 Å². The summed E-state index contributed by atoms with van der Waals surface area (Å²) in [6, 6.07) is 0. The molecule has 15 heteroatoms. The standard InChI is InChI=1S/C34H58O14S/c1-16(2)18(15-46-31-28(41)26(39)29(22(14-35)47-31)48-49(43,44)45)7-6-17(3)24-25(38)27(40)30-33(24,5)11-9-23-32(4)10-8-19(36)12-20(32)21(37)13-34(23,30)42/h6-7,16-31,35-42H,8-15H2,1-5H3,(H,43,44,45). The van der Waals surface area contributed by atoms with E-state index in [0.717, 1.165) is 0 Å². The quantitative estimate of drug-likeness (QED) is 0.108. The number of allylic oxidation sites excluding steroid dienone is 1. The highest BCUT2D eigenvalue weighted by atomic mass is 32.3. The van der Waals surface area contributed by atoms with Crippen molar-refractivity contribution in [1.29, 1.82) is 0 Å². The molecule has 49 heavy (non-hydrogen) atoms. The van der Waals surface area contributed by atoms with Crippen LogP contribution in [-0.2, 0) is 24.1 Å². The van der Waals surface area contributed by atoms with Crippen molar-refractivity contribution in [3.05, 3.63) is 12.2 Å². The van der Waals surface area contributed by atoms with Gasteiger partial charge in [0, 0.05) is 18.3 Å². The Balaban J connectivity index is 1.30. The fraction of sp³-hybridized carbons (Fsp3) is 0.941. The van der Waals surface area contributed by atoms with Gasteiger partial charge in [0.25, 0.3) is 0 Å². The van der Waals surface area contributed by atoms with Crippen LogP contribution >= 0.6 is 0 Å². The van der Waals surface area contributed by atoms with Gasteiger partial charge in [-0.15, -0.1) is 0 Å². The van der Waals surface area contributed by atoms with Gasteiger partial charge in [-0.1, -0.05) is 46.8 Å². The van der Waals surface area contributed by atoms with E-state index < -0.39 is 100 Å². The minimum Gasteiger partial charge on any atom is -0.394 e. The van der Waals surface area contributed by atoms with Crippen molar-refractivity contribution in [2.45, 2.75) is 134 Å². The normalized spacial score (nSPS) is 50.1. The molecule has 9 N–H and O–H groups in total. The molecule has 0 aromatic carbocycles. The highest BCUT2D eigenvalue weighted by Gasteiger charge is 2.72. The molecular formula is C34H58O14S. The van der Waals surface area contributed by atoms with Gasteiger partial charge in [0.05, 0.1) is 43.2 Å². The monoisotopic (exact) mass is 722 g/mol. The SMILES string of the molecule is CC(C)C(C=CC(C)C1C(O)C(O)C2C1(C)CCC1C3(C)CCC(O)CC3C(O)CC12O)COC1OC(CO)C(OS(=O)(=O)O)C(O)C1O. The third kappa shape index (κ3) is 7.02. The van der Waals surface area contributed by atoms with Gasteiger partial charge in [0.15, 0.2) is 6.29 Å². The van der Waals surface area contributed by atoms with Crippen molar-refractivity contribution in [2.75, 3.05) is 13.2 Å². The van der Waals surface area contributed by atoms with Crippen molar-refractivity contribution in [3.8, 4) is 0 Å². The van der Waals surface area contributed by atoms with Gasteiger partial charge in [0.2, 0.25) is 0 Å². The van der Waals surface area contributed by atoms with Crippen LogP contribution in [0.3, 0.4) is 0 Å². The van der Waals surface area contributed by atoms with E-state index in [2.05, 4.69) is 11.1 Å². The molecule has 0 amide bonds. The summed E-state index contributed by atoms with van der Waals surface area (Å²) in [5, 5.41) is 88.3. The van der Waals surface area contributed by atoms with Crippen LogP contribution in [-0.4, -0.2) is 128 Å². The fourth-order valence-electron chi connectivity index (χ4n) is 11.0. The van der Waals surface area contributed by atoms with Crippen molar-refractivity contribution < 1.29 is 67.5 Å². The molecule has 18 atom stereocenters. The molecule has 1 heterocycles. The first-order valence-corrected chi connectivity index (χ1v) is 19.1. The molecule has 0 spiro atoms. The number of ether oxygens (including phenoxy) is 2. The van der Waals surface area contributed by atoms with Gasteiger partial charge in [-0.05, 0) is 72.5 Å². The molecule has 0 bridgehead atoms. The molecule has 18 unspecified atom stereocenters. The topological polar surface area (TPSA) is 244 Å². The van der Waals surface area contributed by atoms with E-state index in [-0.39, 0.29) is 42.6 Å². The Morgan fingerprint density at radius 1 is 0.918 bits per heavy atom. The first-order valence-electron chi connectivity index (χ1n) is 17.7. The highest BCUT2D eigenvalue weighted by molar-refractivity contribution is 7.80. The van der Waals surface area contributed by atoms with Crippen LogP contribution in [0.25, 0.3) is 0 Å². The number of hydrogen-bond donors (Lipinski definition) is 9. The molecule has 5 rings (SSSR count). The van der Waals surface area contributed by atoms with Crippen molar-refractivity contribution in [3.63, 3.8) is 0 Å². The van der Waals surface area contributed by atoms with Crippen molar-refractivity contribution in [1.82, 2.24) is 0 Å². The maximum Gasteiger partial charge on any atom is 0.397 e. The van der Waals surface area contributed by atoms with Crippen LogP contribution in [0.1, 0.15) is 73.1 Å². The predicted octanol–water partition coefficient (Wildman–Crippen LogP) is 0.142. The minimum atomic E-state index is -5.02. The van der Waals surface area contributed by atoms with E-state index in [1.165, 1.54) is 0 Å². The number of fused-ring (bicyclic) bond motifs is 5. The second-order valence-electron chi connectivity index (χ2n) is 16.6. The summed E-state index contributed by atoms with van der Waals surface area (Å²) in [5.41, 5.74) is -2.44. The van der Waals surface area contributed by atoms with E-state index in [1.807, 2.05) is 39.8 Å². The smallest absolute Gasteiger partial charge is 0.394 e. The molecule has 1 aliphatic heterocycles. The molecule has 1 saturated heterocycles. The Morgan fingerprint density at radius 2 is 1.57 bits per heavy atom. The van der Waals surface area contributed by atoms with E-state index in [9.17, 15) is 49.3 Å². The molecule has 0 aromatic rings. The molecule has 5 fully saturated rings. The molecule has 5 aliphatic rings. The lowest BCUT2D eigenvalue weighted by atomic mass is 9.42. The van der Waals surface area contributed by atoms with E-state index >= 15 is 0 Å². The maximum atomic E-state index is 12.5. The Kier molecular flexibility index (Phi) is 11.4. The Morgan fingerprint density at radius 3 is 2.18 bits per heavy atom. The Bertz CT molecular complexity index is 1300. The summed E-state index contributed by atoms with van der Waals surface area (Å²) in [5.74, 6) is -1.91. The van der Waals surface area contributed by atoms with Gasteiger partial charge in [-0.3, -0.25) is 4.55 Å². The zero-order valence-corrected chi connectivity index (χ0v) is 29.8. The van der Waals surface area contributed by atoms with E-state index in [0.29, 0.717) is 32.1 Å². The van der Waals surface area contributed by atoms with Crippen LogP contribution in [0, 0.1) is 52.3 Å². The fourth-order valence-corrected chi connectivity index (χ4v) is 11.5. The van der Waals surface area contributed by atoms with Crippen LogP contribution in [0.5, 0.6) is 0 Å². The summed E-state index contributed by atoms with van der Waals surface area (Å²) in [4.78, 5) is 0. The molecule has 4 saturated carbocycles. The lowest BCUT2D eigenvalue weighted by molar-refractivity contribution is -0.299. The molecule has 0 aromatic heterocycles. The van der Waals surface area contributed by atoms with Gasteiger partial charge in [-0.25, -0.2) is 4.18 Å². The molecule has 4 aliphatic carbocycles. The summed E-state index contributed by atoms with van der Waals surface area (Å²) in [6.45, 7) is 9.21. The number of aliphatic hydroxyl groups excluding tert-OH is 7. The van der Waals surface area contributed by atoms with Gasteiger partial charge >= 0.3 is 10.4 Å². The second kappa shape index (κ2) is 14.2. The first-order chi connectivity index (χ1) is 22.7. The Labute approximate surface area is 289 Å². The summed E-state index contributed by atoms with van der Waals surface area (Å²) < 4.78 is 47.2. The Hall–Kier alpha value is -0.790. The molecular weight excluding hydrogens is 664 g/mol. The van der Waals surface area contributed by atoms with E-state index in [1.54, 1.807) is 0 Å². The lowest BCUT2D eigenvalue weighted by Crippen LogP contribution is -2.68. The zero-order chi connectivity index (χ0) is 36.4. The van der Waals surface area contributed by atoms with Gasteiger partial charge in [-0.2, -0.15) is 8.42 Å². The number of aliphatic hydroxyl groups is 8. The summed E-state index contributed by atoms with van der Waals surface area (Å²) >= 11 is 0. The van der Waals surface area contributed by atoms with Crippen molar-refractivity contribution >= 4 is 10.4 Å². The van der Waals surface area contributed by atoms with Crippen LogP contribution in [0.4, 0.5) is 0 Å².